The first-order valence-corrected chi connectivity index (χ1v) is 8.35. The quantitative estimate of drug-likeness (QED) is 0.613. The summed E-state index contributed by atoms with van der Waals surface area (Å²) in [7, 11) is 0. The average Bonchev–Trinajstić information content (AvgIpc) is 2.51. The van der Waals surface area contributed by atoms with Gasteiger partial charge in [-0.05, 0) is 55.3 Å². The van der Waals surface area contributed by atoms with Gasteiger partial charge in [0.15, 0.2) is 0 Å². The third kappa shape index (κ3) is 4.18. The summed E-state index contributed by atoms with van der Waals surface area (Å²) < 4.78 is 0. The first-order valence-electron chi connectivity index (χ1n) is 7.09. The zero-order valence-electron chi connectivity index (χ0n) is 12.6. The highest BCUT2D eigenvalue weighted by Gasteiger charge is 2.19. The van der Waals surface area contributed by atoms with Crippen LogP contribution in [0.4, 0.5) is 11.4 Å². The SMILES string of the molecule is CCC(Sc1ccc(N)cc1)C(=O)Nc1cccc(Cl)c1C. The second-order valence-electron chi connectivity index (χ2n) is 4.99. The van der Waals surface area contributed by atoms with Crippen molar-refractivity contribution >= 4 is 40.6 Å². The van der Waals surface area contributed by atoms with E-state index in [1.807, 2.05) is 56.3 Å². The Bertz CT molecular complexity index is 658. The lowest BCUT2D eigenvalue weighted by atomic mass is 10.2. The molecule has 0 spiro atoms. The maximum absolute atomic E-state index is 12.5. The van der Waals surface area contributed by atoms with Crippen molar-refractivity contribution in [1.82, 2.24) is 0 Å². The van der Waals surface area contributed by atoms with Gasteiger partial charge in [-0.2, -0.15) is 0 Å². The number of anilines is 2. The average molecular weight is 335 g/mol. The van der Waals surface area contributed by atoms with Gasteiger partial charge in [0.2, 0.25) is 5.91 Å². The Balaban J connectivity index is 2.08. The zero-order chi connectivity index (χ0) is 16.1. The summed E-state index contributed by atoms with van der Waals surface area (Å²) in [5, 5.41) is 3.45. The van der Waals surface area contributed by atoms with Gasteiger partial charge in [-0.1, -0.05) is 24.6 Å². The van der Waals surface area contributed by atoms with Crippen LogP contribution in [0.5, 0.6) is 0 Å². The Morgan fingerprint density at radius 1 is 1.27 bits per heavy atom. The predicted octanol–water partition coefficient (Wildman–Crippen LogP) is 4.74. The summed E-state index contributed by atoms with van der Waals surface area (Å²) in [6.07, 6.45) is 0.737. The molecule has 1 unspecified atom stereocenters. The highest BCUT2D eigenvalue weighted by molar-refractivity contribution is 8.00. The maximum atomic E-state index is 12.5. The largest absolute Gasteiger partial charge is 0.399 e. The fourth-order valence-electron chi connectivity index (χ4n) is 1.99. The van der Waals surface area contributed by atoms with Crippen LogP contribution in [0.3, 0.4) is 0 Å². The van der Waals surface area contributed by atoms with E-state index in [9.17, 15) is 4.79 Å². The van der Waals surface area contributed by atoms with Crippen LogP contribution in [0.2, 0.25) is 5.02 Å². The van der Waals surface area contributed by atoms with Crippen LogP contribution in [0.1, 0.15) is 18.9 Å². The zero-order valence-corrected chi connectivity index (χ0v) is 14.2. The first-order chi connectivity index (χ1) is 10.5. The van der Waals surface area contributed by atoms with Crippen molar-refractivity contribution in [3.8, 4) is 0 Å². The molecule has 3 nitrogen and oxygen atoms in total. The second-order valence-corrected chi connectivity index (χ2v) is 6.67. The van der Waals surface area contributed by atoms with E-state index in [0.29, 0.717) is 5.02 Å². The molecule has 0 saturated heterocycles. The molecule has 1 amide bonds. The van der Waals surface area contributed by atoms with Crippen molar-refractivity contribution in [2.45, 2.75) is 30.4 Å². The number of amides is 1. The van der Waals surface area contributed by atoms with E-state index in [-0.39, 0.29) is 11.2 Å². The van der Waals surface area contributed by atoms with Crippen molar-refractivity contribution in [3.05, 3.63) is 53.1 Å². The first kappa shape index (κ1) is 16.7. The van der Waals surface area contributed by atoms with Crippen LogP contribution >= 0.6 is 23.4 Å². The summed E-state index contributed by atoms with van der Waals surface area (Å²) in [6.45, 7) is 3.89. The molecule has 22 heavy (non-hydrogen) atoms. The number of nitrogen functional groups attached to an aromatic ring is 1. The number of thioether (sulfide) groups is 1. The minimum Gasteiger partial charge on any atom is -0.399 e. The number of carbonyl (C=O) groups excluding carboxylic acids is 1. The Labute approximate surface area is 140 Å². The van der Waals surface area contributed by atoms with Gasteiger partial charge >= 0.3 is 0 Å². The summed E-state index contributed by atoms with van der Waals surface area (Å²) in [5.74, 6) is -0.0188. The van der Waals surface area contributed by atoms with E-state index in [1.165, 1.54) is 11.8 Å². The molecule has 2 aromatic carbocycles. The summed E-state index contributed by atoms with van der Waals surface area (Å²) in [5.41, 5.74) is 8.04. The molecular formula is C17H19ClN2OS. The molecule has 0 aliphatic heterocycles. The van der Waals surface area contributed by atoms with Gasteiger partial charge in [0, 0.05) is 21.3 Å². The van der Waals surface area contributed by atoms with Crippen molar-refractivity contribution in [2.24, 2.45) is 0 Å². The van der Waals surface area contributed by atoms with Crippen LogP contribution in [0.25, 0.3) is 0 Å². The van der Waals surface area contributed by atoms with Gasteiger partial charge < -0.3 is 11.1 Å². The fourth-order valence-corrected chi connectivity index (χ4v) is 3.12. The molecule has 0 radical (unpaired) electrons. The molecule has 116 valence electrons. The summed E-state index contributed by atoms with van der Waals surface area (Å²) >= 11 is 7.62. The molecule has 0 aromatic heterocycles. The van der Waals surface area contributed by atoms with E-state index in [0.717, 1.165) is 28.3 Å². The molecule has 0 fully saturated rings. The van der Waals surface area contributed by atoms with Gasteiger partial charge in [0.25, 0.3) is 0 Å². The molecular weight excluding hydrogens is 316 g/mol. The van der Waals surface area contributed by atoms with E-state index < -0.39 is 0 Å². The van der Waals surface area contributed by atoms with Crippen molar-refractivity contribution in [3.63, 3.8) is 0 Å². The maximum Gasteiger partial charge on any atom is 0.237 e. The Kier molecular flexibility index (Phi) is 5.75. The van der Waals surface area contributed by atoms with E-state index in [2.05, 4.69) is 5.32 Å². The topological polar surface area (TPSA) is 55.1 Å². The van der Waals surface area contributed by atoms with Crippen LogP contribution in [0.15, 0.2) is 47.4 Å². The molecule has 2 aromatic rings. The van der Waals surface area contributed by atoms with Gasteiger partial charge in [-0.15, -0.1) is 11.8 Å². The third-order valence-corrected chi connectivity index (χ3v) is 5.13. The highest BCUT2D eigenvalue weighted by Crippen LogP contribution is 2.28. The molecule has 2 rings (SSSR count). The fraction of sp³-hybridized carbons (Fsp3) is 0.235. The van der Waals surface area contributed by atoms with Gasteiger partial charge in [0.1, 0.15) is 0 Å². The lowest BCUT2D eigenvalue weighted by molar-refractivity contribution is -0.115. The van der Waals surface area contributed by atoms with E-state index in [1.54, 1.807) is 0 Å². The minimum absolute atomic E-state index is 0.0188. The van der Waals surface area contributed by atoms with Crippen LogP contribution in [-0.4, -0.2) is 11.2 Å². The molecule has 5 heteroatoms. The van der Waals surface area contributed by atoms with Crippen LogP contribution in [-0.2, 0) is 4.79 Å². The third-order valence-electron chi connectivity index (χ3n) is 3.35. The minimum atomic E-state index is -0.165. The van der Waals surface area contributed by atoms with Gasteiger partial charge in [-0.25, -0.2) is 0 Å². The van der Waals surface area contributed by atoms with Crippen LogP contribution < -0.4 is 11.1 Å². The molecule has 1 atom stereocenters. The number of carbonyl (C=O) groups is 1. The van der Waals surface area contributed by atoms with E-state index in [4.69, 9.17) is 17.3 Å². The van der Waals surface area contributed by atoms with Gasteiger partial charge in [-0.3, -0.25) is 4.79 Å². The van der Waals surface area contributed by atoms with Crippen molar-refractivity contribution in [1.29, 1.82) is 0 Å². The molecule has 0 aliphatic carbocycles. The number of nitrogens with one attached hydrogen (secondary N) is 1. The number of nitrogens with two attached hydrogens (primary N) is 1. The molecule has 0 heterocycles. The smallest absolute Gasteiger partial charge is 0.237 e. The lowest BCUT2D eigenvalue weighted by Crippen LogP contribution is -2.24. The normalized spacial score (nSPS) is 12.0. The van der Waals surface area contributed by atoms with Gasteiger partial charge in [0.05, 0.1) is 5.25 Å². The lowest BCUT2D eigenvalue weighted by Gasteiger charge is -2.16. The monoisotopic (exact) mass is 334 g/mol. The predicted molar refractivity (Wildman–Crippen MR) is 95.6 cm³/mol. The summed E-state index contributed by atoms with van der Waals surface area (Å²) in [4.78, 5) is 13.5. The molecule has 0 aliphatic rings. The molecule has 3 N–H and O–H groups in total. The Morgan fingerprint density at radius 2 is 1.95 bits per heavy atom. The number of benzene rings is 2. The number of halogens is 1. The second kappa shape index (κ2) is 7.56. The van der Waals surface area contributed by atoms with Crippen molar-refractivity contribution in [2.75, 3.05) is 11.1 Å². The number of hydrogen-bond acceptors (Lipinski definition) is 3. The van der Waals surface area contributed by atoms with E-state index >= 15 is 0 Å². The standard InChI is InChI=1S/C17H19ClN2OS/c1-3-16(22-13-9-7-12(19)8-10-13)17(21)20-15-6-4-5-14(18)11(15)2/h4-10,16H,3,19H2,1-2H3,(H,20,21). The summed E-state index contributed by atoms with van der Waals surface area (Å²) in [6, 6.07) is 13.1. The molecule has 0 bridgehead atoms. The Morgan fingerprint density at radius 3 is 2.59 bits per heavy atom. The van der Waals surface area contributed by atoms with Crippen molar-refractivity contribution < 1.29 is 4.79 Å². The molecule has 0 saturated carbocycles. The number of hydrogen-bond donors (Lipinski definition) is 2. The number of rotatable bonds is 5. The Hall–Kier alpha value is -1.65. The van der Waals surface area contributed by atoms with Crippen LogP contribution in [0, 0.1) is 6.92 Å². The highest BCUT2D eigenvalue weighted by atomic mass is 35.5.